The largest absolute Gasteiger partial charge is 0.467 e. The van der Waals surface area contributed by atoms with E-state index in [1.165, 1.54) is 0 Å². The average molecular weight is 340 g/mol. The predicted molar refractivity (Wildman–Crippen MR) is 101 cm³/mol. The van der Waals surface area contributed by atoms with Crippen LogP contribution in [0.5, 0.6) is 0 Å². The van der Waals surface area contributed by atoms with Gasteiger partial charge in [-0.25, -0.2) is 0 Å². The van der Waals surface area contributed by atoms with Gasteiger partial charge < -0.3 is 14.2 Å². The number of carbonyl (C=O) groups is 1. The topological polar surface area (TPSA) is 36.7 Å². The normalized spacial score (nSPS) is 15.2. The third-order valence-electron chi connectivity index (χ3n) is 4.96. The third kappa shape index (κ3) is 3.73. The van der Waals surface area contributed by atoms with Gasteiger partial charge in [-0.15, -0.1) is 0 Å². The van der Waals surface area contributed by atoms with Crippen LogP contribution in [0.15, 0.2) is 47.1 Å². The molecule has 1 aromatic heterocycles. The lowest BCUT2D eigenvalue weighted by Crippen LogP contribution is -2.35. The second-order valence-electron chi connectivity index (χ2n) is 7.06. The van der Waals surface area contributed by atoms with E-state index in [1.807, 2.05) is 36.1 Å². The van der Waals surface area contributed by atoms with E-state index in [1.54, 1.807) is 6.26 Å². The molecular weight excluding hydrogens is 312 g/mol. The van der Waals surface area contributed by atoms with E-state index in [0.717, 1.165) is 36.4 Å². The Kier molecular flexibility index (Phi) is 5.16. The van der Waals surface area contributed by atoms with Crippen LogP contribution in [0.2, 0.25) is 0 Å². The smallest absolute Gasteiger partial charge is 0.254 e. The Labute approximate surface area is 150 Å². The first-order valence-electron chi connectivity index (χ1n) is 9.25. The summed E-state index contributed by atoms with van der Waals surface area (Å²) in [5, 5.41) is 0. The van der Waals surface area contributed by atoms with Crippen LogP contribution in [-0.2, 0) is 0 Å². The molecule has 25 heavy (non-hydrogen) atoms. The highest BCUT2D eigenvalue weighted by atomic mass is 16.3. The Balaban J connectivity index is 1.81. The van der Waals surface area contributed by atoms with Crippen molar-refractivity contribution in [3.05, 3.63) is 54.0 Å². The van der Waals surface area contributed by atoms with Crippen molar-refractivity contribution in [1.29, 1.82) is 0 Å². The van der Waals surface area contributed by atoms with Crippen molar-refractivity contribution in [3.8, 4) is 0 Å². The predicted octanol–water partition coefficient (Wildman–Crippen LogP) is 4.88. The molecule has 4 nitrogen and oxygen atoms in total. The summed E-state index contributed by atoms with van der Waals surface area (Å²) in [5.41, 5.74) is 1.90. The lowest BCUT2D eigenvalue weighted by molar-refractivity contribution is 0.0653. The fourth-order valence-electron chi connectivity index (χ4n) is 3.47. The molecule has 0 bridgehead atoms. The van der Waals surface area contributed by atoms with Gasteiger partial charge in [-0.3, -0.25) is 4.79 Å². The summed E-state index contributed by atoms with van der Waals surface area (Å²) < 4.78 is 5.53. The quantitative estimate of drug-likeness (QED) is 0.721. The van der Waals surface area contributed by atoms with Crippen LogP contribution in [0.25, 0.3) is 0 Å². The summed E-state index contributed by atoms with van der Waals surface area (Å²) in [5.74, 6) is 0.930. The summed E-state index contributed by atoms with van der Waals surface area (Å²) in [6, 6.07) is 12.6. The van der Waals surface area contributed by atoms with Gasteiger partial charge in [-0.2, -0.15) is 0 Å². The van der Waals surface area contributed by atoms with Crippen molar-refractivity contribution in [2.24, 2.45) is 0 Å². The van der Waals surface area contributed by atoms with E-state index in [4.69, 9.17) is 4.42 Å². The van der Waals surface area contributed by atoms with Gasteiger partial charge in [0, 0.05) is 29.9 Å². The maximum atomic E-state index is 13.1. The van der Waals surface area contributed by atoms with E-state index < -0.39 is 0 Å². The fourth-order valence-corrected chi connectivity index (χ4v) is 3.47. The van der Waals surface area contributed by atoms with Gasteiger partial charge in [0.1, 0.15) is 5.76 Å². The van der Waals surface area contributed by atoms with Crippen molar-refractivity contribution < 1.29 is 9.21 Å². The standard InChI is InChI=1S/C21H28N2O2/c1-5-22(15(2)3)18-10-8-17(9-11-18)21(24)23(19-12-13-19)16(4)20-7-6-14-25-20/h6-11,14-16,19H,5,12-13H2,1-4H3. The minimum atomic E-state index is -0.0440. The summed E-state index contributed by atoms with van der Waals surface area (Å²) in [6.45, 7) is 9.51. The number of amides is 1. The zero-order valence-electron chi connectivity index (χ0n) is 15.6. The van der Waals surface area contributed by atoms with Gasteiger partial charge in [0.25, 0.3) is 5.91 Å². The van der Waals surface area contributed by atoms with E-state index >= 15 is 0 Å². The van der Waals surface area contributed by atoms with E-state index in [2.05, 4.69) is 37.8 Å². The second kappa shape index (κ2) is 7.34. The number of nitrogens with zero attached hydrogens (tertiary/aromatic N) is 2. The molecule has 0 aliphatic heterocycles. The van der Waals surface area contributed by atoms with Crippen molar-refractivity contribution in [2.75, 3.05) is 11.4 Å². The molecule has 1 saturated carbocycles. The molecule has 0 saturated heterocycles. The van der Waals surface area contributed by atoms with Crippen molar-refractivity contribution in [1.82, 2.24) is 4.90 Å². The van der Waals surface area contributed by atoms with Gasteiger partial charge in [0.15, 0.2) is 0 Å². The lowest BCUT2D eigenvalue weighted by Gasteiger charge is -2.29. The van der Waals surface area contributed by atoms with E-state index in [0.29, 0.717) is 12.1 Å². The Morgan fingerprint density at radius 1 is 1.16 bits per heavy atom. The molecule has 1 amide bonds. The molecule has 1 fully saturated rings. The van der Waals surface area contributed by atoms with Crippen LogP contribution in [0.4, 0.5) is 5.69 Å². The Bertz CT molecular complexity index is 687. The number of benzene rings is 1. The molecule has 1 atom stereocenters. The molecule has 1 aliphatic rings. The van der Waals surface area contributed by atoms with Gasteiger partial charge in [0.2, 0.25) is 0 Å². The number of rotatable bonds is 7. The Hall–Kier alpha value is -2.23. The zero-order valence-corrected chi connectivity index (χ0v) is 15.6. The maximum Gasteiger partial charge on any atom is 0.254 e. The Morgan fingerprint density at radius 3 is 2.32 bits per heavy atom. The van der Waals surface area contributed by atoms with Crippen molar-refractivity contribution in [2.45, 2.75) is 58.7 Å². The van der Waals surface area contributed by atoms with Crippen molar-refractivity contribution >= 4 is 11.6 Å². The van der Waals surface area contributed by atoms with Crippen LogP contribution < -0.4 is 4.90 Å². The summed E-state index contributed by atoms with van der Waals surface area (Å²) in [6.07, 6.45) is 3.82. The van der Waals surface area contributed by atoms with Crippen LogP contribution in [0.3, 0.4) is 0 Å². The van der Waals surface area contributed by atoms with Crippen LogP contribution in [0.1, 0.15) is 62.7 Å². The monoisotopic (exact) mass is 340 g/mol. The molecular formula is C21H28N2O2. The zero-order chi connectivity index (χ0) is 18.0. The molecule has 1 heterocycles. The maximum absolute atomic E-state index is 13.1. The SMILES string of the molecule is CCN(c1ccc(C(=O)N(C2CC2)C(C)c2ccco2)cc1)C(C)C. The van der Waals surface area contributed by atoms with Crippen LogP contribution in [-0.4, -0.2) is 29.4 Å². The molecule has 2 aromatic rings. The first kappa shape index (κ1) is 17.6. The first-order valence-corrected chi connectivity index (χ1v) is 9.25. The second-order valence-corrected chi connectivity index (χ2v) is 7.06. The first-order chi connectivity index (χ1) is 12.0. The highest BCUT2D eigenvalue weighted by molar-refractivity contribution is 5.95. The molecule has 1 aromatic carbocycles. The summed E-state index contributed by atoms with van der Waals surface area (Å²) in [4.78, 5) is 17.4. The summed E-state index contributed by atoms with van der Waals surface area (Å²) >= 11 is 0. The van der Waals surface area contributed by atoms with Gasteiger partial charge in [0.05, 0.1) is 12.3 Å². The molecule has 134 valence electrons. The average Bonchev–Trinajstić information content (AvgIpc) is 3.27. The molecule has 3 rings (SSSR count). The van der Waals surface area contributed by atoms with E-state index in [9.17, 15) is 4.79 Å². The van der Waals surface area contributed by atoms with Gasteiger partial charge in [-0.05, 0) is 76.9 Å². The number of anilines is 1. The summed E-state index contributed by atoms with van der Waals surface area (Å²) in [7, 11) is 0. The number of furan rings is 1. The molecule has 4 heteroatoms. The highest BCUT2D eigenvalue weighted by Gasteiger charge is 2.37. The molecule has 0 radical (unpaired) electrons. The third-order valence-corrected chi connectivity index (χ3v) is 4.96. The minimum Gasteiger partial charge on any atom is -0.467 e. The fraction of sp³-hybridized carbons (Fsp3) is 0.476. The highest BCUT2D eigenvalue weighted by Crippen LogP contribution is 2.36. The van der Waals surface area contributed by atoms with E-state index in [-0.39, 0.29) is 11.9 Å². The minimum absolute atomic E-state index is 0.0440. The number of hydrogen-bond acceptors (Lipinski definition) is 3. The molecule has 0 N–H and O–H groups in total. The van der Waals surface area contributed by atoms with Crippen LogP contribution >= 0.6 is 0 Å². The van der Waals surface area contributed by atoms with Crippen molar-refractivity contribution in [3.63, 3.8) is 0 Å². The van der Waals surface area contributed by atoms with Gasteiger partial charge >= 0.3 is 0 Å². The molecule has 1 unspecified atom stereocenters. The van der Waals surface area contributed by atoms with Crippen LogP contribution in [0, 0.1) is 0 Å². The number of carbonyl (C=O) groups excluding carboxylic acids is 1. The van der Waals surface area contributed by atoms with Gasteiger partial charge in [-0.1, -0.05) is 0 Å². The Morgan fingerprint density at radius 2 is 1.84 bits per heavy atom. The molecule has 0 spiro atoms. The molecule has 1 aliphatic carbocycles. The lowest BCUT2D eigenvalue weighted by atomic mass is 10.1. The number of hydrogen-bond donors (Lipinski definition) is 0.